The minimum atomic E-state index is 0. The summed E-state index contributed by atoms with van der Waals surface area (Å²) in [7, 11) is 0. The Labute approximate surface area is 198 Å². The van der Waals surface area contributed by atoms with E-state index in [4.69, 9.17) is 4.99 Å². The molecule has 2 heterocycles. The smallest absolute Gasteiger partial charge is 0.219 e. The lowest BCUT2D eigenvalue weighted by molar-refractivity contribution is -0.130. The van der Waals surface area contributed by atoms with Gasteiger partial charge in [-0.15, -0.1) is 24.0 Å². The topological polar surface area (TPSA) is 63.2 Å². The third-order valence-corrected chi connectivity index (χ3v) is 5.78. The van der Waals surface area contributed by atoms with Crippen molar-refractivity contribution in [2.24, 2.45) is 4.99 Å². The van der Waals surface area contributed by atoms with E-state index >= 15 is 0 Å². The lowest BCUT2D eigenvalue weighted by atomic mass is 10.2. The number of rotatable bonds is 6. The maximum Gasteiger partial charge on any atom is 0.219 e. The molecule has 1 aromatic carbocycles. The number of hydrogen-bond acceptors (Lipinski definition) is 4. The Balaban J connectivity index is 0.00000320. The van der Waals surface area contributed by atoms with E-state index in [1.165, 1.54) is 11.3 Å². The van der Waals surface area contributed by atoms with Crippen LogP contribution in [0.25, 0.3) is 0 Å². The summed E-state index contributed by atoms with van der Waals surface area (Å²) in [6, 6.07) is 9.19. The first-order valence-corrected chi connectivity index (χ1v) is 10.9. The van der Waals surface area contributed by atoms with Crippen LogP contribution in [0.2, 0.25) is 0 Å². The van der Waals surface area contributed by atoms with Crippen molar-refractivity contribution in [3.05, 3.63) is 29.8 Å². The van der Waals surface area contributed by atoms with Gasteiger partial charge in [-0.2, -0.15) is 0 Å². The number of piperazine rings is 1. The molecule has 1 atom stereocenters. The molecule has 3 rings (SSSR count). The van der Waals surface area contributed by atoms with Gasteiger partial charge < -0.3 is 20.4 Å². The van der Waals surface area contributed by atoms with Crippen molar-refractivity contribution in [2.75, 3.05) is 63.8 Å². The molecule has 7 nitrogen and oxygen atoms in total. The van der Waals surface area contributed by atoms with Crippen molar-refractivity contribution in [2.45, 2.75) is 33.2 Å². The number of aryl methyl sites for hydroxylation is 1. The van der Waals surface area contributed by atoms with Crippen molar-refractivity contribution in [1.82, 2.24) is 20.4 Å². The van der Waals surface area contributed by atoms with Gasteiger partial charge in [0.25, 0.3) is 0 Å². The highest BCUT2D eigenvalue weighted by Gasteiger charge is 2.23. The monoisotopic (exact) mass is 528 g/mol. The normalized spacial score (nSPS) is 20.1. The highest BCUT2D eigenvalue weighted by atomic mass is 127. The first-order chi connectivity index (χ1) is 14.0. The number of nitrogens with one attached hydrogen (secondary N) is 2. The predicted octanol–water partition coefficient (Wildman–Crippen LogP) is 1.91. The second-order valence-electron chi connectivity index (χ2n) is 8.02. The fourth-order valence-corrected chi connectivity index (χ4v) is 3.97. The number of aliphatic imine (C=N–C) groups is 1. The van der Waals surface area contributed by atoms with Gasteiger partial charge in [-0.05, 0) is 32.4 Å². The summed E-state index contributed by atoms with van der Waals surface area (Å²) in [5, 5.41) is 6.99. The fraction of sp³-hybridized carbons (Fsp3) is 0.636. The van der Waals surface area contributed by atoms with Crippen LogP contribution in [0.3, 0.4) is 0 Å². The lowest BCUT2D eigenvalue weighted by Gasteiger charge is -2.33. The molecule has 1 unspecified atom stereocenters. The molecule has 0 spiro atoms. The Morgan fingerprint density at radius 1 is 1.13 bits per heavy atom. The summed E-state index contributed by atoms with van der Waals surface area (Å²) in [5.41, 5.74) is 2.60. The number of nitrogens with zero attached hydrogens (tertiary/aromatic N) is 4. The highest BCUT2D eigenvalue weighted by molar-refractivity contribution is 14.0. The van der Waals surface area contributed by atoms with Crippen LogP contribution in [0.5, 0.6) is 0 Å². The molecule has 0 radical (unpaired) electrons. The van der Waals surface area contributed by atoms with Gasteiger partial charge in [0.05, 0.1) is 6.54 Å². The number of guanidine groups is 1. The molecule has 2 aliphatic rings. The van der Waals surface area contributed by atoms with Gasteiger partial charge in [-0.3, -0.25) is 14.7 Å². The minimum Gasteiger partial charge on any atom is -0.369 e. The molecule has 2 fully saturated rings. The molecule has 0 aliphatic carbocycles. The summed E-state index contributed by atoms with van der Waals surface area (Å²) < 4.78 is 0. The minimum absolute atomic E-state index is 0. The number of benzene rings is 1. The Morgan fingerprint density at radius 2 is 1.83 bits per heavy atom. The molecular formula is C22H37IN6O. The lowest BCUT2D eigenvalue weighted by Crippen LogP contribution is -2.49. The van der Waals surface area contributed by atoms with Crippen LogP contribution >= 0.6 is 24.0 Å². The Bertz CT molecular complexity index is 687. The molecule has 8 heteroatoms. The van der Waals surface area contributed by atoms with Crippen molar-refractivity contribution >= 4 is 41.5 Å². The summed E-state index contributed by atoms with van der Waals surface area (Å²) in [4.78, 5) is 23.0. The zero-order chi connectivity index (χ0) is 20.6. The first kappa shape index (κ1) is 24.7. The van der Waals surface area contributed by atoms with Crippen molar-refractivity contribution < 1.29 is 4.79 Å². The SMILES string of the molecule is CCNC(=NCCN1CCN(C(C)=O)CC1)NC1CCN(c2ccc(C)cc2)C1.I. The zero-order valence-corrected chi connectivity index (χ0v) is 20.9. The van der Waals surface area contributed by atoms with Gasteiger partial charge in [0.2, 0.25) is 5.91 Å². The van der Waals surface area contributed by atoms with E-state index in [0.29, 0.717) is 6.04 Å². The second-order valence-corrected chi connectivity index (χ2v) is 8.02. The summed E-state index contributed by atoms with van der Waals surface area (Å²) in [6.07, 6.45) is 1.12. The molecule has 168 valence electrons. The van der Waals surface area contributed by atoms with E-state index in [9.17, 15) is 4.79 Å². The van der Waals surface area contributed by atoms with E-state index in [2.05, 4.69) is 58.5 Å². The maximum atomic E-state index is 11.4. The summed E-state index contributed by atoms with van der Waals surface area (Å²) in [6.45, 7) is 14.0. The Hall–Kier alpha value is -1.55. The highest BCUT2D eigenvalue weighted by Crippen LogP contribution is 2.20. The zero-order valence-electron chi connectivity index (χ0n) is 18.6. The third-order valence-electron chi connectivity index (χ3n) is 5.78. The molecule has 0 bridgehead atoms. The van der Waals surface area contributed by atoms with Crippen LogP contribution in [-0.2, 0) is 4.79 Å². The third kappa shape index (κ3) is 7.30. The van der Waals surface area contributed by atoms with Gasteiger partial charge in [-0.25, -0.2) is 0 Å². The van der Waals surface area contributed by atoms with E-state index < -0.39 is 0 Å². The summed E-state index contributed by atoms with van der Waals surface area (Å²) in [5.74, 6) is 1.09. The van der Waals surface area contributed by atoms with Crippen LogP contribution in [0, 0.1) is 6.92 Å². The molecule has 0 aromatic heterocycles. The Morgan fingerprint density at radius 3 is 2.47 bits per heavy atom. The second kappa shape index (κ2) is 12.3. The standard InChI is InChI=1S/C22H36N6O.HI/c1-4-23-22(24-10-12-26-13-15-27(16-14-26)19(3)29)25-20-9-11-28(17-20)21-7-5-18(2)6-8-21;/h5-8,20H,4,9-17H2,1-3H3,(H2,23,24,25);1H. The predicted molar refractivity (Wildman–Crippen MR) is 135 cm³/mol. The van der Waals surface area contributed by atoms with Gasteiger partial charge in [-0.1, -0.05) is 17.7 Å². The van der Waals surface area contributed by atoms with Gasteiger partial charge >= 0.3 is 0 Å². The molecule has 2 N–H and O–H groups in total. The van der Waals surface area contributed by atoms with Crippen LogP contribution < -0.4 is 15.5 Å². The number of hydrogen-bond donors (Lipinski definition) is 2. The fourth-order valence-electron chi connectivity index (χ4n) is 3.97. The van der Waals surface area contributed by atoms with Crippen molar-refractivity contribution in [1.29, 1.82) is 0 Å². The van der Waals surface area contributed by atoms with Crippen LogP contribution in [-0.4, -0.2) is 86.6 Å². The molecular weight excluding hydrogens is 491 g/mol. The van der Waals surface area contributed by atoms with E-state index in [1.54, 1.807) is 6.92 Å². The molecule has 2 aliphatic heterocycles. The van der Waals surface area contributed by atoms with Crippen molar-refractivity contribution in [3.8, 4) is 0 Å². The van der Waals surface area contributed by atoms with Crippen molar-refractivity contribution in [3.63, 3.8) is 0 Å². The first-order valence-electron chi connectivity index (χ1n) is 10.9. The van der Waals surface area contributed by atoms with Crippen LogP contribution in [0.4, 0.5) is 5.69 Å². The average molecular weight is 528 g/mol. The quantitative estimate of drug-likeness (QED) is 0.336. The van der Waals surface area contributed by atoms with E-state index in [-0.39, 0.29) is 29.9 Å². The largest absolute Gasteiger partial charge is 0.369 e. The molecule has 0 saturated carbocycles. The molecule has 1 aromatic rings. The van der Waals surface area contributed by atoms with Crippen LogP contribution in [0.15, 0.2) is 29.3 Å². The van der Waals surface area contributed by atoms with Gasteiger partial charge in [0.15, 0.2) is 5.96 Å². The van der Waals surface area contributed by atoms with E-state index in [1.807, 2.05) is 4.90 Å². The van der Waals surface area contributed by atoms with Crippen LogP contribution in [0.1, 0.15) is 25.8 Å². The maximum absolute atomic E-state index is 11.4. The average Bonchev–Trinajstić information content (AvgIpc) is 3.17. The number of carbonyl (C=O) groups excluding carboxylic acids is 1. The van der Waals surface area contributed by atoms with Gasteiger partial charge in [0, 0.05) is 71.0 Å². The summed E-state index contributed by atoms with van der Waals surface area (Å²) >= 11 is 0. The molecule has 30 heavy (non-hydrogen) atoms. The Kier molecular flexibility index (Phi) is 10.2. The number of carbonyl (C=O) groups is 1. The van der Waals surface area contributed by atoms with E-state index in [0.717, 1.165) is 71.3 Å². The molecule has 2 saturated heterocycles. The number of anilines is 1. The number of halogens is 1. The molecule has 1 amide bonds. The number of amides is 1. The van der Waals surface area contributed by atoms with Gasteiger partial charge in [0.1, 0.15) is 0 Å².